The SMILES string of the molecule is CC(C)CCCC(C)[C@H]1CCC2C3CCC4CC(=O)CC[C@]4(C)C3CC[C@@]21C. The zero-order chi connectivity index (χ0) is 20.1. The Hall–Kier alpha value is -0.330. The molecule has 0 N–H and O–H groups in total. The van der Waals surface area contributed by atoms with Crippen molar-refractivity contribution in [1.82, 2.24) is 0 Å². The summed E-state index contributed by atoms with van der Waals surface area (Å²) < 4.78 is 0. The second-order valence-corrected chi connectivity index (χ2v) is 12.4. The Balaban J connectivity index is 1.47. The van der Waals surface area contributed by atoms with E-state index < -0.39 is 0 Å². The van der Waals surface area contributed by atoms with E-state index in [1.54, 1.807) is 0 Å². The lowest BCUT2D eigenvalue weighted by molar-refractivity contribution is -0.140. The number of hydrogen-bond acceptors (Lipinski definition) is 1. The van der Waals surface area contributed by atoms with E-state index in [4.69, 9.17) is 0 Å². The van der Waals surface area contributed by atoms with E-state index in [9.17, 15) is 4.79 Å². The van der Waals surface area contributed by atoms with Gasteiger partial charge in [-0.1, -0.05) is 53.9 Å². The maximum atomic E-state index is 12.1. The summed E-state index contributed by atoms with van der Waals surface area (Å²) in [6.07, 6.45) is 15.9. The third-order valence-electron chi connectivity index (χ3n) is 10.7. The van der Waals surface area contributed by atoms with Gasteiger partial charge in [0.25, 0.3) is 0 Å². The highest BCUT2D eigenvalue weighted by Gasteiger charge is 2.60. The molecular weight excluding hydrogens is 340 g/mol. The molecule has 0 heterocycles. The van der Waals surface area contributed by atoms with Gasteiger partial charge in [0.05, 0.1) is 0 Å². The Morgan fingerprint density at radius 3 is 2.39 bits per heavy atom. The molecule has 0 aromatic heterocycles. The van der Waals surface area contributed by atoms with Crippen molar-refractivity contribution in [3.05, 3.63) is 0 Å². The van der Waals surface area contributed by atoms with E-state index >= 15 is 0 Å². The topological polar surface area (TPSA) is 17.1 Å². The molecule has 0 aromatic rings. The Morgan fingerprint density at radius 2 is 1.64 bits per heavy atom. The van der Waals surface area contributed by atoms with E-state index in [0.29, 0.717) is 22.5 Å². The number of carbonyl (C=O) groups excluding carboxylic acids is 1. The first kappa shape index (κ1) is 20.9. The average Bonchev–Trinajstić information content (AvgIpc) is 2.99. The molecule has 5 unspecified atom stereocenters. The molecule has 0 aromatic carbocycles. The van der Waals surface area contributed by atoms with Gasteiger partial charge in [-0.2, -0.15) is 0 Å². The molecule has 4 saturated carbocycles. The lowest BCUT2D eigenvalue weighted by Crippen LogP contribution is -2.53. The second-order valence-electron chi connectivity index (χ2n) is 12.4. The summed E-state index contributed by atoms with van der Waals surface area (Å²) in [6, 6.07) is 0. The molecule has 0 saturated heterocycles. The Bertz CT molecular complexity index is 579. The number of ketones is 1. The van der Waals surface area contributed by atoms with Gasteiger partial charge in [0, 0.05) is 12.8 Å². The standard InChI is InChI=1S/C27H46O/c1-18(2)7-6-8-19(3)23-11-12-24-22-10-9-20-17-21(28)13-15-26(20,4)25(22)14-16-27(23,24)5/h18-20,22-25H,6-17H2,1-5H3/t19?,20?,22?,23-,24?,25?,26+,27-/m1/s1. The molecule has 4 rings (SSSR count). The van der Waals surface area contributed by atoms with Crippen molar-refractivity contribution in [2.24, 2.45) is 52.3 Å². The van der Waals surface area contributed by atoms with Crippen LogP contribution in [0.15, 0.2) is 0 Å². The summed E-state index contributed by atoms with van der Waals surface area (Å²) >= 11 is 0. The smallest absolute Gasteiger partial charge is 0.133 e. The number of carbonyl (C=O) groups is 1. The van der Waals surface area contributed by atoms with Crippen LogP contribution >= 0.6 is 0 Å². The van der Waals surface area contributed by atoms with Crippen molar-refractivity contribution in [3.63, 3.8) is 0 Å². The molecule has 28 heavy (non-hydrogen) atoms. The summed E-state index contributed by atoms with van der Waals surface area (Å²) in [6.45, 7) is 12.6. The summed E-state index contributed by atoms with van der Waals surface area (Å²) in [5.41, 5.74) is 1.07. The maximum Gasteiger partial charge on any atom is 0.133 e. The molecular formula is C27H46O. The van der Waals surface area contributed by atoms with Crippen molar-refractivity contribution in [2.45, 2.75) is 112 Å². The van der Waals surface area contributed by atoms with Crippen LogP contribution in [-0.4, -0.2) is 5.78 Å². The van der Waals surface area contributed by atoms with Crippen molar-refractivity contribution < 1.29 is 4.79 Å². The predicted molar refractivity (Wildman–Crippen MR) is 118 cm³/mol. The monoisotopic (exact) mass is 386 g/mol. The van der Waals surface area contributed by atoms with Crippen LogP contribution in [0.2, 0.25) is 0 Å². The van der Waals surface area contributed by atoms with E-state index in [1.165, 1.54) is 64.2 Å². The highest BCUT2D eigenvalue weighted by atomic mass is 16.1. The molecule has 4 aliphatic carbocycles. The van der Waals surface area contributed by atoms with Crippen LogP contribution in [0.25, 0.3) is 0 Å². The fourth-order valence-corrected chi connectivity index (χ4v) is 9.07. The van der Waals surface area contributed by atoms with E-state index in [1.807, 2.05) is 0 Å². The van der Waals surface area contributed by atoms with E-state index in [0.717, 1.165) is 48.3 Å². The van der Waals surface area contributed by atoms with Gasteiger partial charge >= 0.3 is 0 Å². The molecule has 1 nitrogen and oxygen atoms in total. The number of rotatable bonds is 5. The molecule has 1 heteroatoms. The van der Waals surface area contributed by atoms with E-state index in [2.05, 4.69) is 34.6 Å². The van der Waals surface area contributed by atoms with Gasteiger partial charge in [0.2, 0.25) is 0 Å². The van der Waals surface area contributed by atoms with Crippen molar-refractivity contribution in [2.75, 3.05) is 0 Å². The number of fused-ring (bicyclic) bond motifs is 5. The Kier molecular flexibility index (Phi) is 5.78. The maximum absolute atomic E-state index is 12.1. The van der Waals surface area contributed by atoms with Gasteiger partial charge in [0.1, 0.15) is 5.78 Å². The molecule has 4 fully saturated rings. The van der Waals surface area contributed by atoms with E-state index in [-0.39, 0.29) is 0 Å². The van der Waals surface area contributed by atoms with Crippen LogP contribution in [0.3, 0.4) is 0 Å². The van der Waals surface area contributed by atoms with Crippen molar-refractivity contribution >= 4 is 5.78 Å². The first-order valence-corrected chi connectivity index (χ1v) is 12.8. The van der Waals surface area contributed by atoms with Crippen LogP contribution in [0.1, 0.15) is 112 Å². The summed E-state index contributed by atoms with van der Waals surface area (Å²) in [4.78, 5) is 12.1. The van der Waals surface area contributed by atoms with Crippen LogP contribution in [0, 0.1) is 52.3 Å². The third-order valence-corrected chi connectivity index (χ3v) is 10.7. The zero-order valence-electron chi connectivity index (χ0n) is 19.4. The minimum Gasteiger partial charge on any atom is -0.300 e. The Morgan fingerprint density at radius 1 is 0.893 bits per heavy atom. The normalized spacial score (nSPS) is 46.8. The minimum atomic E-state index is 0.471. The molecule has 0 spiro atoms. The van der Waals surface area contributed by atoms with Crippen LogP contribution in [0.4, 0.5) is 0 Å². The highest BCUT2D eigenvalue weighted by molar-refractivity contribution is 5.79. The van der Waals surface area contributed by atoms with Gasteiger partial charge < -0.3 is 0 Å². The first-order valence-electron chi connectivity index (χ1n) is 12.8. The van der Waals surface area contributed by atoms with Gasteiger partial charge in [-0.15, -0.1) is 0 Å². The summed E-state index contributed by atoms with van der Waals surface area (Å²) in [5, 5.41) is 0. The molecule has 4 aliphatic rings. The molecule has 0 bridgehead atoms. The largest absolute Gasteiger partial charge is 0.300 e. The van der Waals surface area contributed by atoms with Crippen LogP contribution in [0.5, 0.6) is 0 Å². The first-order chi connectivity index (χ1) is 13.3. The summed E-state index contributed by atoms with van der Waals surface area (Å²) in [5.74, 6) is 6.82. The predicted octanol–water partition coefficient (Wildman–Crippen LogP) is 7.68. The molecule has 160 valence electrons. The van der Waals surface area contributed by atoms with Crippen molar-refractivity contribution in [1.29, 1.82) is 0 Å². The molecule has 8 atom stereocenters. The third kappa shape index (κ3) is 3.41. The van der Waals surface area contributed by atoms with Crippen molar-refractivity contribution in [3.8, 4) is 0 Å². The number of hydrogen-bond donors (Lipinski definition) is 0. The summed E-state index contributed by atoms with van der Waals surface area (Å²) in [7, 11) is 0. The van der Waals surface area contributed by atoms with Gasteiger partial charge in [0.15, 0.2) is 0 Å². The molecule has 0 amide bonds. The minimum absolute atomic E-state index is 0.471. The zero-order valence-corrected chi connectivity index (χ0v) is 19.4. The lowest BCUT2D eigenvalue weighted by Gasteiger charge is -2.60. The Labute approximate surface area is 174 Å². The fourth-order valence-electron chi connectivity index (χ4n) is 9.07. The average molecular weight is 387 g/mol. The molecule has 0 radical (unpaired) electrons. The lowest BCUT2D eigenvalue weighted by atomic mass is 9.44. The molecule has 0 aliphatic heterocycles. The highest BCUT2D eigenvalue weighted by Crippen LogP contribution is 2.68. The second kappa shape index (κ2) is 7.73. The number of Topliss-reactive ketones (excluding diaryl/α,β-unsaturated/α-hetero) is 1. The van der Waals surface area contributed by atoms with Crippen LogP contribution < -0.4 is 0 Å². The fraction of sp³-hybridized carbons (Fsp3) is 0.963. The quantitative estimate of drug-likeness (QED) is 0.473. The van der Waals surface area contributed by atoms with Gasteiger partial charge in [-0.3, -0.25) is 4.79 Å². The van der Waals surface area contributed by atoms with Gasteiger partial charge in [-0.25, -0.2) is 0 Å². The van der Waals surface area contributed by atoms with Gasteiger partial charge in [-0.05, 0) is 97.2 Å². The van der Waals surface area contributed by atoms with Crippen LogP contribution in [-0.2, 0) is 4.79 Å².